The molecule has 0 saturated carbocycles. The summed E-state index contributed by atoms with van der Waals surface area (Å²) in [6.45, 7) is 10.7. The topological polar surface area (TPSA) is 30.9 Å². The molecule has 0 aromatic heterocycles. The minimum Gasteiger partial charge on any atom is -0.493 e. The number of allylic oxidation sites excluding steroid dienone is 3. The van der Waals surface area contributed by atoms with Gasteiger partial charge in [0.25, 0.3) is 0 Å². The summed E-state index contributed by atoms with van der Waals surface area (Å²) in [7, 11) is 0. The lowest BCUT2D eigenvalue weighted by molar-refractivity contribution is -0.162. The third-order valence-electron chi connectivity index (χ3n) is 7.30. The summed E-state index contributed by atoms with van der Waals surface area (Å²) in [5.74, 6) is -0.217. The fourth-order valence-electron chi connectivity index (χ4n) is 4.91. The van der Waals surface area contributed by atoms with E-state index in [0.29, 0.717) is 32.3 Å². The van der Waals surface area contributed by atoms with Crippen molar-refractivity contribution in [2.75, 3.05) is 24.7 Å². The highest BCUT2D eigenvalue weighted by atomic mass is 19.1. The van der Waals surface area contributed by atoms with Crippen molar-refractivity contribution in [3.63, 3.8) is 0 Å². The molecule has 0 radical (unpaired) electrons. The molecule has 41 heavy (non-hydrogen) atoms. The first-order valence-corrected chi connectivity index (χ1v) is 14.1. The second-order valence-electron chi connectivity index (χ2n) is 10.1. The SMILES string of the molecule is C=CCC1(c2ccc(F)cc2)OCCO1.CC/C(=C\C=C(/C)C1CCN1c1ccc(F)cc1)OCc1ccccc1. The highest BCUT2D eigenvalue weighted by molar-refractivity contribution is 5.52. The second kappa shape index (κ2) is 14.8. The zero-order chi connectivity index (χ0) is 29.1. The Hall–Kier alpha value is -3.74. The molecule has 6 heteroatoms. The molecule has 2 fully saturated rings. The van der Waals surface area contributed by atoms with E-state index in [2.05, 4.69) is 49.6 Å². The highest BCUT2D eigenvalue weighted by Crippen LogP contribution is 2.35. The molecule has 5 rings (SSSR count). The van der Waals surface area contributed by atoms with Gasteiger partial charge in [0.15, 0.2) is 5.79 Å². The number of nitrogens with zero attached hydrogens (tertiary/aromatic N) is 1. The number of ether oxygens (including phenoxy) is 3. The number of anilines is 1. The average Bonchev–Trinajstić information content (AvgIpc) is 3.45. The Morgan fingerprint density at radius 2 is 1.59 bits per heavy atom. The Labute approximate surface area is 242 Å². The van der Waals surface area contributed by atoms with Crippen LogP contribution in [-0.4, -0.2) is 25.8 Å². The molecule has 0 N–H and O–H groups in total. The smallest absolute Gasteiger partial charge is 0.198 e. The van der Waals surface area contributed by atoms with E-state index < -0.39 is 5.79 Å². The Kier molecular flexibility index (Phi) is 10.9. The van der Waals surface area contributed by atoms with Crippen LogP contribution < -0.4 is 4.90 Å². The maximum Gasteiger partial charge on any atom is 0.198 e. The van der Waals surface area contributed by atoms with Crippen molar-refractivity contribution in [1.29, 1.82) is 0 Å². The molecule has 4 nitrogen and oxygen atoms in total. The fourth-order valence-corrected chi connectivity index (χ4v) is 4.91. The van der Waals surface area contributed by atoms with Crippen molar-refractivity contribution in [1.82, 2.24) is 0 Å². The lowest BCUT2D eigenvalue weighted by Gasteiger charge is -2.43. The summed E-state index contributed by atoms with van der Waals surface area (Å²) in [5, 5.41) is 0. The Morgan fingerprint density at radius 3 is 2.15 bits per heavy atom. The Balaban J connectivity index is 0.000000218. The van der Waals surface area contributed by atoms with E-state index in [-0.39, 0.29) is 11.6 Å². The largest absolute Gasteiger partial charge is 0.493 e. The molecule has 0 aliphatic carbocycles. The predicted molar refractivity (Wildman–Crippen MR) is 160 cm³/mol. The zero-order valence-electron chi connectivity index (χ0n) is 23.9. The lowest BCUT2D eigenvalue weighted by atomic mass is 9.94. The number of benzene rings is 3. The van der Waals surface area contributed by atoms with Crippen molar-refractivity contribution < 1.29 is 23.0 Å². The van der Waals surface area contributed by atoms with E-state index in [0.717, 1.165) is 36.4 Å². The van der Waals surface area contributed by atoms with Crippen LogP contribution in [0.15, 0.2) is 115 Å². The van der Waals surface area contributed by atoms with Gasteiger partial charge in [-0.2, -0.15) is 0 Å². The van der Waals surface area contributed by atoms with E-state index >= 15 is 0 Å². The van der Waals surface area contributed by atoms with Gasteiger partial charge in [-0.3, -0.25) is 0 Å². The molecular weight excluding hydrogens is 520 g/mol. The van der Waals surface area contributed by atoms with E-state index in [1.165, 1.54) is 35.4 Å². The summed E-state index contributed by atoms with van der Waals surface area (Å²) in [6.07, 6.45) is 8.54. The molecular formula is C35H39F2NO3. The van der Waals surface area contributed by atoms with Gasteiger partial charge in [0.1, 0.15) is 18.2 Å². The van der Waals surface area contributed by atoms with Crippen molar-refractivity contribution >= 4 is 5.69 Å². The molecule has 2 aliphatic heterocycles. The van der Waals surface area contributed by atoms with Gasteiger partial charge in [-0.25, -0.2) is 8.78 Å². The molecule has 216 valence electrons. The van der Waals surface area contributed by atoms with Gasteiger partial charge in [0.05, 0.1) is 25.0 Å². The van der Waals surface area contributed by atoms with Gasteiger partial charge in [0.2, 0.25) is 0 Å². The van der Waals surface area contributed by atoms with Crippen LogP contribution in [0, 0.1) is 11.6 Å². The van der Waals surface area contributed by atoms with Gasteiger partial charge in [-0.15, -0.1) is 6.58 Å². The standard InChI is InChI=1S/C23H26FNO.C12H13FO2/c1-3-22(26-17-19-7-5-4-6-8-19)14-9-18(2)23-15-16-25(23)21-12-10-20(24)11-13-21;1-2-7-12(14-8-9-15-12)10-3-5-11(13)6-4-10/h4-14,23H,3,15-17H2,1-2H3;2-6H,1,7-9H2/b18-9+,22-14+;. The molecule has 2 heterocycles. The quantitative estimate of drug-likeness (QED) is 0.142. The Bertz CT molecular complexity index is 1300. The van der Waals surface area contributed by atoms with Crippen LogP contribution in [0.5, 0.6) is 0 Å². The molecule has 2 saturated heterocycles. The first kappa shape index (κ1) is 30.2. The van der Waals surface area contributed by atoms with Crippen LogP contribution in [0.2, 0.25) is 0 Å². The van der Waals surface area contributed by atoms with Crippen molar-refractivity contribution in [2.24, 2.45) is 0 Å². The highest BCUT2D eigenvalue weighted by Gasteiger charge is 2.37. The number of halogens is 2. The summed E-state index contributed by atoms with van der Waals surface area (Å²) in [4.78, 5) is 2.32. The third kappa shape index (κ3) is 8.15. The molecule has 1 atom stereocenters. The van der Waals surface area contributed by atoms with Crippen LogP contribution in [0.25, 0.3) is 0 Å². The third-order valence-corrected chi connectivity index (χ3v) is 7.30. The van der Waals surface area contributed by atoms with Gasteiger partial charge in [-0.1, -0.05) is 67.1 Å². The number of hydrogen-bond donors (Lipinski definition) is 0. The molecule has 3 aromatic rings. The van der Waals surface area contributed by atoms with E-state index in [9.17, 15) is 8.78 Å². The van der Waals surface area contributed by atoms with Crippen molar-refractivity contribution in [2.45, 2.75) is 51.5 Å². The molecule has 3 aromatic carbocycles. The van der Waals surface area contributed by atoms with Gasteiger partial charge in [0, 0.05) is 30.6 Å². The van der Waals surface area contributed by atoms with Crippen LogP contribution >= 0.6 is 0 Å². The summed E-state index contributed by atoms with van der Waals surface area (Å²) in [6, 6.07) is 23.5. The first-order chi connectivity index (χ1) is 19.9. The van der Waals surface area contributed by atoms with E-state index in [1.807, 2.05) is 30.3 Å². The maximum atomic E-state index is 13.1. The average molecular weight is 560 g/mol. The molecule has 0 spiro atoms. The minimum absolute atomic E-state index is 0.191. The van der Waals surface area contributed by atoms with Crippen LogP contribution in [0.3, 0.4) is 0 Å². The maximum absolute atomic E-state index is 13.1. The van der Waals surface area contributed by atoms with E-state index in [1.54, 1.807) is 18.2 Å². The molecule has 0 bridgehead atoms. The van der Waals surface area contributed by atoms with Crippen LogP contribution in [0.1, 0.15) is 44.2 Å². The van der Waals surface area contributed by atoms with Crippen molar-refractivity contribution in [3.05, 3.63) is 138 Å². The molecule has 2 aliphatic rings. The number of rotatable bonds is 10. The zero-order valence-corrected chi connectivity index (χ0v) is 23.9. The summed E-state index contributed by atoms with van der Waals surface area (Å²) >= 11 is 0. The minimum atomic E-state index is -0.755. The van der Waals surface area contributed by atoms with Gasteiger partial charge < -0.3 is 19.1 Å². The normalized spacial score (nSPS) is 18.2. The molecule has 0 amide bonds. The monoisotopic (exact) mass is 559 g/mol. The summed E-state index contributed by atoms with van der Waals surface area (Å²) in [5.41, 5.74) is 4.39. The van der Waals surface area contributed by atoms with Crippen LogP contribution in [-0.2, 0) is 26.6 Å². The fraction of sp³-hybridized carbons (Fsp3) is 0.314. The van der Waals surface area contributed by atoms with Crippen molar-refractivity contribution in [3.8, 4) is 0 Å². The molecule has 1 unspecified atom stereocenters. The Morgan fingerprint density at radius 1 is 0.951 bits per heavy atom. The van der Waals surface area contributed by atoms with Gasteiger partial charge >= 0.3 is 0 Å². The lowest BCUT2D eigenvalue weighted by Crippen LogP contribution is -2.48. The second-order valence-corrected chi connectivity index (χ2v) is 10.1. The van der Waals surface area contributed by atoms with Gasteiger partial charge in [-0.05, 0) is 61.4 Å². The van der Waals surface area contributed by atoms with Crippen LogP contribution in [0.4, 0.5) is 14.5 Å². The number of hydrogen-bond acceptors (Lipinski definition) is 4. The first-order valence-electron chi connectivity index (χ1n) is 14.1. The predicted octanol–water partition coefficient (Wildman–Crippen LogP) is 8.46. The van der Waals surface area contributed by atoms with E-state index in [4.69, 9.17) is 14.2 Å². The summed E-state index contributed by atoms with van der Waals surface area (Å²) < 4.78 is 43.0.